The zero-order valence-electron chi connectivity index (χ0n) is 12.0. The maximum Gasteiger partial charge on any atom is 0.241 e. The molecule has 21 heavy (non-hydrogen) atoms. The number of fused-ring (bicyclic) bond motifs is 1. The van der Waals surface area contributed by atoms with Crippen molar-refractivity contribution in [1.29, 1.82) is 0 Å². The molecule has 0 spiro atoms. The Balaban J connectivity index is 0.00000220. The van der Waals surface area contributed by atoms with Gasteiger partial charge >= 0.3 is 0 Å². The zero-order chi connectivity index (χ0) is 14.5. The van der Waals surface area contributed by atoms with E-state index in [0.717, 1.165) is 0 Å². The molecule has 6 nitrogen and oxygen atoms in total. The van der Waals surface area contributed by atoms with Crippen LogP contribution in [0.1, 0.15) is 6.92 Å². The summed E-state index contributed by atoms with van der Waals surface area (Å²) in [7, 11) is 1.84. The SMILES string of the molecule is CNC(C)CNC(=O)Cn1ncc(=O)c2ccccc21.Cl. The van der Waals surface area contributed by atoms with Gasteiger partial charge in [-0.25, -0.2) is 0 Å². The molecule has 0 saturated heterocycles. The van der Waals surface area contributed by atoms with Crippen LogP contribution in [-0.2, 0) is 11.3 Å². The molecule has 2 rings (SSSR count). The average Bonchev–Trinajstić information content (AvgIpc) is 2.48. The van der Waals surface area contributed by atoms with Crippen LogP contribution in [0.5, 0.6) is 0 Å². The predicted molar refractivity (Wildman–Crippen MR) is 84.8 cm³/mol. The van der Waals surface area contributed by atoms with Crippen LogP contribution in [0.4, 0.5) is 0 Å². The molecule has 2 N–H and O–H groups in total. The molecule has 0 bridgehead atoms. The van der Waals surface area contributed by atoms with Crippen LogP contribution in [0.3, 0.4) is 0 Å². The normalized spacial score (nSPS) is 11.7. The number of rotatable bonds is 5. The highest BCUT2D eigenvalue weighted by molar-refractivity contribution is 5.85. The summed E-state index contributed by atoms with van der Waals surface area (Å²) < 4.78 is 1.54. The fourth-order valence-electron chi connectivity index (χ4n) is 1.85. The first-order valence-electron chi connectivity index (χ1n) is 6.50. The number of hydrogen-bond acceptors (Lipinski definition) is 4. The Labute approximate surface area is 128 Å². The summed E-state index contributed by atoms with van der Waals surface area (Å²) in [4.78, 5) is 23.6. The van der Waals surface area contributed by atoms with Crippen LogP contribution in [0.25, 0.3) is 10.9 Å². The molecule has 1 aromatic heterocycles. The van der Waals surface area contributed by atoms with Crippen LogP contribution in [0.2, 0.25) is 0 Å². The lowest BCUT2D eigenvalue weighted by molar-refractivity contribution is -0.121. The summed E-state index contributed by atoms with van der Waals surface area (Å²) in [5, 5.41) is 10.5. The van der Waals surface area contributed by atoms with Crippen molar-refractivity contribution < 1.29 is 4.79 Å². The van der Waals surface area contributed by atoms with Crippen molar-refractivity contribution in [2.24, 2.45) is 0 Å². The van der Waals surface area contributed by atoms with Gasteiger partial charge < -0.3 is 10.6 Å². The lowest BCUT2D eigenvalue weighted by atomic mass is 10.2. The molecule has 7 heteroatoms. The third-order valence-corrected chi connectivity index (χ3v) is 3.15. The average molecular weight is 311 g/mol. The number of hydrogen-bond donors (Lipinski definition) is 2. The van der Waals surface area contributed by atoms with E-state index in [2.05, 4.69) is 15.7 Å². The third kappa shape index (κ3) is 4.27. The molecule has 0 saturated carbocycles. The summed E-state index contributed by atoms with van der Waals surface area (Å²) in [6.45, 7) is 2.62. The number of para-hydroxylation sites is 1. The van der Waals surface area contributed by atoms with E-state index in [-0.39, 0.29) is 36.3 Å². The Morgan fingerprint density at radius 2 is 2.10 bits per heavy atom. The monoisotopic (exact) mass is 310 g/mol. The highest BCUT2D eigenvalue weighted by atomic mass is 35.5. The Morgan fingerprint density at radius 3 is 2.81 bits per heavy atom. The molecule has 1 amide bonds. The minimum atomic E-state index is -0.138. The molecule has 2 aromatic rings. The number of nitrogens with zero attached hydrogens (tertiary/aromatic N) is 2. The van der Waals surface area contributed by atoms with Crippen LogP contribution >= 0.6 is 12.4 Å². The van der Waals surface area contributed by atoms with Crippen LogP contribution in [0.15, 0.2) is 35.3 Å². The summed E-state index contributed by atoms with van der Waals surface area (Å²) in [5.41, 5.74) is 0.526. The molecule has 1 atom stereocenters. The van der Waals surface area contributed by atoms with Crippen LogP contribution in [-0.4, -0.2) is 35.3 Å². The van der Waals surface area contributed by atoms with Crippen molar-refractivity contribution in [3.8, 4) is 0 Å². The van der Waals surface area contributed by atoms with Crippen molar-refractivity contribution in [3.63, 3.8) is 0 Å². The molecule has 0 fully saturated rings. The molecule has 1 unspecified atom stereocenters. The van der Waals surface area contributed by atoms with Crippen LogP contribution in [0, 0.1) is 0 Å². The first kappa shape index (κ1) is 17.1. The number of halogens is 1. The van der Waals surface area contributed by atoms with Gasteiger partial charge in [0.1, 0.15) is 6.54 Å². The van der Waals surface area contributed by atoms with Gasteiger partial charge in [-0.1, -0.05) is 12.1 Å². The molecule has 0 aliphatic carbocycles. The van der Waals surface area contributed by atoms with Gasteiger partial charge in [0, 0.05) is 18.0 Å². The van der Waals surface area contributed by atoms with Crippen molar-refractivity contribution in [1.82, 2.24) is 20.4 Å². The molecular formula is C14H19ClN4O2. The predicted octanol–water partition coefficient (Wildman–Crippen LogP) is 0.542. The van der Waals surface area contributed by atoms with E-state index < -0.39 is 0 Å². The van der Waals surface area contributed by atoms with Crippen molar-refractivity contribution >= 4 is 29.2 Å². The number of carbonyl (C=O) groups excluding carboxylic acids is 1. The van der Waals surface area contributed by atoms with E-state index in [9.17, 15) is 9.59 Å². The molecule has 1 aromatic carbocycles. The number of likely N-dealkylation sites (N-methyl/N-ethyl adjacent to an activating group) is 1. The van der Waals surface area contributed by atoms with E-state index in [0.29, 0.717) is 17.4 Å². The van der Waals surface area contributed by atoms with Crippen molar-refractivity contribution in [2.45, 2.75) is 19.5 Å². The second-order valence-electron chi connectivity index (χ2n) is 4.68. The summed E-state index contributed by atoms with van der Waals surface area (Å²) in [6, 6.07) is 7.34. The number of carbonyl (C=O) groups is 1. The maximum atomic E-state index is 11.9. The molecule has 0 radical (unpaired) electrons. The van der Waals surface area contributed by atoms with Gasteiger partial charge in [-0.3, -0.25) is 14.3 Å². The van der Waals surface area contributed by atoms with Gasteiger partial charge in [0.15, 0.2) is 0 Å². The summed E-state index contributed by atoms with van der Waals surface area (Å²) >= 11 is 0. The molecule has 0 aliphatic rings. The van der Waals surface area contributed by atoms with Gasteiger partial charge in [0.2, 0.25) is 11.3 Å². The number of nitrogens with one attached hydrogen (secondary N) is 2. The van der Waals surface area contributed by atoms with Gasteiger partial charge in [0.25, 0.3) is 0 Å². The van der Waals surface area contributed by atoms with Gasteiger partial charge in [-0.2, -0.15) is 5.10 Å². The highest BCUT2D eigenvalue weighted by Crippen LogP contribution is 2.07. The largest absolute Gasteiger partial charge is 0.353 e. The topological polar surface area (TPSA) is 76.0 Å². The summed E-state index contributed by atoms with van der Waals surface area (Å²) in [6.07, 6.45) is 1.24. The maximum absolute atomic E-state index is 11.9. The van der Waals surface area contributed by atoms with Gasteiger partial charge in [-0.15, -0.1) is 12.4 Å². The Bertz CT molecular complexity index is 671. The van der Waals surface area contributed by atoms with Gasteiger partial charge in [0.05, 0.1) is 11.7 Å². The molecule has 114 valence electrons. The smallest absolute Gasteiger partial charge is 0.241 e. The van der Waals surface area contributed by atoms with E-state index >= 15 is 0 Å². The van der Waals surface area contributed by atoms with E-state index in [4.69, 9.17) is 0 Å². The minimum Gasteiger partial charge on any atom is -0.353 e. The fourth-order valence-corrected chi connectivity index (χ4v) is 1.85. The molecular weight excluding hydrogens is 292 g/mol. The van der Waals surface area contributed by atoms with Crippen LogP contribution < -0.4 is 16.1 Å². The Hall–Kier alpha value is -1.92. The minimum absolute atomic E-state index is 0. The molecule has 0 aliphatic heterocycles. The number of amides is 1. The second kappa shape index (κ2) is 7.75. The zero-order valence-corrected chi connectivity index (χ0v) is 12.8. The molecule has 1 heterocycles. The highest BCUT2D eigenvalue weighted by Gasteiger charge is 2.08. The summed E-state index contributed by atoms with van der Waals surface area (Å²) in [5.74, 6) is -0.131. The van der Waals surface area contributed by atoms with E-state index in [1.807, 2.05) is 20.0 Å². The standard InChI is InChI=1S/C14H18N4O2.ClH/c1-10(15-2)7-16-14(20)9-18-12-6-4-3-5-11(12)13(19)8-17-18;/h3-6,8,10,15H,7,9H2,1-2H3,(H,16,20);1H. The lowest BCUT2D eigenvalue weighted by Crippen LogP contribution is -2.38. The number of aromatic nitrogens is 2. The van der Waals surface area contributed by atoms with Crippen molar-refractivity contribution in [2.75, 3.05) is 13.6 Å². The second-order valence-corrected chi connectivity index (χ2v) is 4.68. The third-order valence-electron chi connectivity index (χ3n) is 3.15. The Kier molecular flexibility index (Phi) is 6.33. The first-order valence-corrected chi connectivity index (χ1v) is 6.50. The van der Waals surface area contributed by atoms with Crippen molar-refractivity contribution in [3.05, 3.63) is 40.7 Å². The number of benzene rings is 1. The quantitative estimate of drug-likeness (QED) is 0.845. The Morgan fingerprint density at radius 1 is 1.38 bits per heavy atom. The van der Waals surface area contributed by atoms with Gasteiger partial charge in [-0.05, 0) is 26.1 Å². The van der Waals surface area contributed by atoms with E-state index in [1.165, 1.54) is 10.9 Å². The van der Waals surface area contributed by atoms with E-state index in [1.54, 1.807) is 18.2 Å². The lowest BCUT2D eigenvalue weighted by Gasteiger charge is -2.13. The first-order chi connectivity index (χ1) is 9.61. The fraction of sp³-hybridized carbons (Fsp3) is 0.357.